The van der Waals surface area contributed by atoms with Gasteiger partial charge in [-0.05, 0) is 51.3 Å². The van der Waals surface area contributed by atoms with Gasteiger partial charge in [-0.2, -0.15) is 0 Å². The Morgan fingerprint density at radius 3 is 2.81 bits per heavy atom. The van der Waals surface area contributed by atoms with Gasteiger partial charge in [0.2, 0.25) is 6.23 Å². The number of imidazole rings is 1. The van der Waals surface area contributed by atoms with E-state index in [0.29, 0.717) is 18.6 Å². The number of rotatable bonds is 5. The van der Waals surface area contributed by atoms with Gasteiger partial charge in [-0.25, -0.2) is 14.6 Å². The molecule has 2 amide bonds. The minimum atomic E-state index is -1.12. The number of hydrogen-bond donors (Lipinski definition) is 2. The molecule has 2 unspecified atom stereocenters. The van der Waals surface area contributed by atoms with Gasteiger partial charge in [0.05, 0.1) is 18.1 Å². The van der Waals surface area contributed by atoms with Crippen molar-refractivity contribution in [2.24, 2.45) is 0 Å². The summed E-state index contributed by atoms with van der Waals surface area (Å²) in [5, 5.41) is 2.49. The van der Waals surface area contributed by atoms with Crippen LogP contribution in [0, 0.1) is 0 Å². The zero-order valence-electron chi connectivity index (χ0n) is 18.1. The molecule has 0 aliphatic carbocycles. The first kappa shape index (κ1) is 22.4. The molecule has 2 atom stereocenters. The Morgan fingerprint density at radius 2 is 2.13 bits per heavy atom. The molecule has 1 aliphatic rings. The summed E-state index contributed by atoms with van der Waals surface area (Å²) in [5.74, 6) is 0.441. The van der Waals surface area contributed by atoms with Gasteiger partial charge in [0.1, 0.15) is 5.60 Å². The van der Waals surface area contributed by atoms with Gasteiger partial charge in [0, 0.05) is 19.0 Å². The van der Waals surface area contributed by atoms with E-state index in [1.54, 1.807) is 25.7 Å². The van der Waals surface area contributed by atoms with Gasteiger partial charge in [-0.1, -0.05) is 6.07 Å². The number of alkyl carbamates (subject to hydrolysis) is 1. The van der Waals surface area contributed by atoms with E-state index < -0.39 is 17.9 Å². The van der Waals surface area contributed by atoms with Gasteiger partial charge in [-0.3, -0.25) is 10.1 Å². The highest BCUT2D eigenvalue weighted by molar-refractivity contribution is 5.76. The number of nitrogens with one attached hydrogen (secondary N) is 2. The molecule has 1 aromatic heterocycles. The second-order valence-electron chi connectivity index (χ2n) is 8.41. The number of hydrogen-bond acceptors (Lipinski definition) is 7. The molecule has 31 heavy (non-hydrogen) atoms. The summed E-state index contributed by atoms with van der Waals surface area (Å²) < 4.78 is 15.1. The van der Waals surface area contributed by atoms with E-state index in [1.165, 1.54) is 7.11 Å². The number of H-pyrrole nitrogens is 1. The molecule has 0 bridgehead atoms. The normalized spacial score (nSPS) is 17.7. The fraction of sp³-hybridized carbons (Fsp3) is 0.524. The van der Waals surface area contributed by atoms with E-state index in [1.807, 2.05) is 18.2 Å². The fourth-order valence-electron chi connectivity index (χ4n) is 3.61. The molecule has 0 saturated carbocycles. The Morgan fingerprint density at radius 1 is 1.35 bits per heavy atom. The van der Waals surface area contributed by atoms with E-state index >= 15 is 0 Å². The lowest BCUT2D eigenvalue weighted by molar-refractivity contribution is -0.135. The molecule has 10 nitrogen and oxygen atoms in total. The molecule has 1 aliphatic heterocycles. The largest absolute Gasteiger partial charge is 0.453 e. The highest BCUT2D eigenvalue weighted by atomic mass is 16.6. The third-order valence-corrected chi connectivity index (χ3v) is 4.94. The van der Waals surface area contributed by atoms with Crippen molar-refractivity contribution in [1.82, 2.24) is 20.2 Å². The maximum absolute atomic E-state index is 12.1. The molecule has 0 spiro atoms. The van der Waals surface area contributed by atoms with Crippen LogP contribution in [0.25, 0.3) is 11.0 Å². The topological polar surface area (TPSA) is 123 Å². The van der Waals surface area contributed by atoms with Crippen LogP contribution in [0.15, 0.2) is 18.2 Å². The number of piperidine rings is 1. The lowest BCUT2D eigenvalue weighted by Gasteiger charge is -2.31. The molecule has 1 saturated heterocycles. The SMILES string of the molecule is COC(=O)N1CCCC(c2ccc3nc(C(NC(=O)OC(C)(C)C)OC=O)[nH]c3c2)C1. The standard InChI is InChI=1S/C21H28N4O6/c1-21(2,3)31-19(27)24-18(30-12-26)17-22-15-8-7-13(10-16(15)23-17)14-6-5-9-25(11-14)20(28)29-4/h7-8,10,12,14,18H,5-6,9,11H2,1-4H3,(H,22,23)(H,24,27). The van der Waals surface area contributed by atoms with Crippen LogP contribution in [0.3, 0.4) is 0 Å². The minimum Gasteiger partial charge on any atom is -0.453 e. The first-order chi connectivity index (χ1) is 14.7. The Balaban J connectivity index is 1.79. The molecule has 168 valence electrons. The number of likely N-dealkylation sites (tertiary alicyclic amines) is 1. The highest BCUT2D eigenvalue weighted by Crippen LogP contribution is 2.29. The van der Waals surface area contributed by atoms with Crippen molar-refractivity contribution < 1.29 is 28.6 Å². The zero-order valence-corrected chi connectivity index (χ0v) is 18.1. The zero-order chi connectivity index (χ0) is 22.6. The third kappa shape index (κ3) is 5.65. The smallest absolute Gasteiger partial charge is 0.410 e. The molecule has 2 N–H and O–H groups in total. The second-order valence-corrected chi connectivity index (χ2v) is 8.41. The molecule has 2 aromatic rings. The number of carbonyl (C=O) groups excluding carboxylic acids is 3. The number of aromatic amines is 1. The third-order valence-electron chi connectivity index (χ3n) is 4.94. The van der Waals surface area contributed by atoms with E-state index in [2.05, 4.69) is 15.3 Å². The lowest BCUT2D eigenvalue weighted by Crippen LogP contribution is -2.38. The van der Waals surface area contributed by atoms with Crippen LogP contribution in [-0.2, 0) is 19.0 Å². The van der Waals surface area contributed by atoms with Crippen LogP contribution in [-0.4, -0.2) is 59.3 Å². The van der Waals surface area contributed by atoms with Crippen LogP contribution >= 0.6 is 0 Å². The summed E-state index contributed by atoms with van der Waals surface area (Å²) in [6, 6.07) is 5.78. The van der Waals surface area contributed by atoms with Crippen molar-refractivity contribution in [2.45, 2.75) is 51.4 Å². The molecule has 1 aromatic carbocycles. The molecule has 2 heterocycles. The Bertz CT molecular complexity index is 951. The molecular formula is C21H28N4O6. The van der Waals surface area contributed by atoms with Gasteiger partial charge in [0.25, 0.3) is 6.47 Å². The van der Waals surface area contributed by atoms with Crippen molar-refractivity contribution >= 4 is 29.7 Å². The summed E-state index contributed by atoms with van der Waals surface area (Å²) in [6.45, 7) is 6.70. The van der Waals surface area contributed by atoms with Gasteiger partial charge < -0.3 is 24.1 Å². The summed E-state index contributed by atoms with van der Waals surface area (Å²) in [5.41, 5.74) is 1.75. The van der Waals surface area contributed by atoms with E-state index in [0.717, 1.165) is 23.9 Å². The van der Waals surface area contributed by atoms with E-state index in [4.69, 9.17) is 14.2 Å². The summed E-state index contributed by atoms with van der Waals surface area (Å²) in [6.07, 6.45) is -0.326. The Kier molecular flexibility index (Phi) is 6.67. The van der Waals surface area contributed by atoms with E-state index in [-0.39, 0.29) is 24.3 Å². The van der Waals surface area contributed by atoms with Crippen molar-refractivity contribution in [1.29, 1.82) is 0 Å². The fourth-order valence-corrected chi connectivity index (χ4v) is 3.61. The first-order valence-electron chi connectivity index (χ1n) is 10.1. The van der Waals surface area contributed by atoms with Gasteiger partial charge >= 0.3 is 12.2 Å². The lowest BCUT2D eigenvalue weighted by atomic mass is 9.90. The van der Waals surface area contributed by atoms with E-state index in [9.17, 15) is 14.4 Å². The molecule has 0 radical (unpaired) electrons. The number of fused-ring (bicyclic) bond motifs is 1. The predicted molar refractivity (Wildman–Crippen MR) is 111 cm³/mol. The molecule has 1 fully saturated rings. The molecule has 3 rings (SSSR count). The van der Waals surface area contributed by atoms with Crippen LogP contribution < -0.4 is 5.32 Å². The average molecular weight is 432 g/mol. The van der Waals surface area contributed by atoms with Crippen LogP contribution in [0.4, 0.5) is 9.59 Å². The van der Waals surface area contributed by atoms with Crippen LogP contribution in [0.2, 0.25) is 0 Å². The maximum Gasteiger partial charge on any atom is 0.410 e. The predicted octanol–water partition coefficient (Wildman–Crippen LogP) is 3.21. The number of methoxy groups -OCH3 is 1. The van der Waals surface area contributed by atoms with Gasteiger partial charge in [-0.15, -0.1) is 0 Å². The monoisotopic (exact) mass is 432 g/mol. The van der Waals surface area contributed by atoms with Gasteiger partial charge in [0.15, 0.2) is 5.82 Å². The number of benzene rings is 1. The summed E-state index contributed by atoms with van der Waals surface area (Å²) >= 11 is 0. The van der Waals surface area contributed by atoms with Crippen LogP contribution in [0.1, 0.15) is 57.1 Å². The maximum atomic E-state index is 12.1. The summed E-state index contributed by atoms with van der Waals surface area (Å²) in [7, 11) is 1.38. The Labute approximate surface area is 180 Å². The van der Waals surface area contributed by atoms with Crippen LogP contribution in [0.5, 0.6) is 0 Å². The van der Waals surface area contributed by atoms with Crippen molar-refractivity contribution in [2.75, 3.05) is 20.2 Å². The number of ether oxygens (including phenoxy) is 3. The highest BCUT2D eigenvalue weighted by Gasteiger charge is 2.27. The number of aromatic nitrogens is 2. The number of carbonyl (C=O) groups is 3. The van der Waals surface area contributed by atoms with Crippen molar-refractivity contribution in [3.63, 3.8) is 0 Å². The average Bonchev–Trinajstić information content (AvgIpc) is 3.15. The quantitative estimate of drug-likeness (QED) is 0.422. The summed E-state index contributed by atoms with van der Waals surface area (Å²) in [4.78, 5) is 44.1. The molecular weight excluding hydrogens is 404 g/mol. The second kappa shape index (κ2) is 9.23. The van der Waals surface area contributed by atoms with Crippen molar-refractivity contribution in [3.05, 3.63) is 29.6 Å². The minimum absolute atomic E-state index is 0.172. The molecule has 10 heteroatoms. The van der Waals surface area contributed by atoms with Crippen molar-refractivity contribution in [3.8, 4) is 0 Å². The number of nitrogens with zero attached hydrogens (tertiary/aromatic N) is 2. The Hall–Kier alpha value is -3.30. The first-order valence-corrected chi connectivity index (χ1v) is 10.1. The number of amides is 2.